The van der Waals surface area contributed by atoms with E-state index in [1.54, 1.807) is 0 Å². The average molecular weight is 258 g/mol. The summed E-state index contributed by atoms with van der Waals surface area (Å²) in [7, 11) is 1.34. The van der Waals surface area contributed by atoms with E-state index in [4.69, 9.17) is 4.74 Å². The van der Waals surface area contributed by atoms with Crippen LogP contribution in [0.2, 0.25) is 0 Å². The topological polar surface area (TPSA) is 67.4 Å². The fourth-order valence-corrected chi connectivity index (χ4v) is 1.60. The summed E-state index contributed by atoms with van der Waals surface area (Å²) in [4.78, 5) is 23.5. The molecule has 0 aliphatic heterocycles. The molecule has 0 radical (unpaired) electrons. The van der Waals surface area contributed by atoms with Gasteiger partial charge < -0.3 is 15.4 Å². The first-order valence-electron chi connectivity index (χ1n) is 6.51. The van der Waals surface area contributed by atoms with Crippen LogP contribution in [0.1, 0.15) is 34.1 Å². The summed E-state index contributed by atoms with van der Waals surface area (Å²) < 4.78 is 4.71. The van der Waals surface area contributed by atoms with Gasteiger partial charge in [0.05, 0.1) is 7.11 Å². The third kappa shape index (κ3) is 6.59. The number of rotatable bonds is 8. The number of hydrogen-bond donors (Lipinski definition) is 2. The Bertz CT molecular complexity index is 267. The van der Waals surface area contributed by atoms with Crippen LogP contribution < -0.4 is 10.6 Å². The highest BCUT2D eigenvalue weighted by molar-refractivity contribution is 5.85. The lowest BCUT2D eigenvalue weighted by atomic mass is 10.0. The van der Waals surface area contributed by atoms with E-state index in [1.807, 2.05) is 27.7 Å². The Balaban J connectivity index is 4.38. The maximum atomic E-state index is 11.9. The van der Waals surface area contributed by atoms with E-state index in [0.717, 1.165) is 6.54 Å². The fourth-order valence-electron chi connectivity index (χ4n) is 1.60. The van der Waals surface area contributed by atoms with E-state index in [9.17, 15) is 9.59 Å². The zero-order chi connectivity index (χ0) is 14.1. The smallest absolute Gasteiger partial charge is 0.328 e. The predicted molar refractivity (Wildman–Crippen MR) is 71.1 cm³/mol. The summed E-state index contributed by atoms with van der Waals surface area (Å²) in [6, 6.07) is -0.549. The van der Waals surface area contributed by atoms with Crippen molar-refractivity contribution in [1.29, 1.82) is 0 Å². The van der Waals surface area contributed by atoms with Crippen LogP contribution in [0.25, 0.3) is 0 Å². The molecule has 0 spiro atoms. The zero-order valence-corrected chi connectivity index (χ0v) is 12.1. The second-order valence-electron chi connectivity index (χ2n) is 4.92. The minimum atomic E-state index is -0.549. The highest BCUT2D eigenvalue weighted by Crippen LogP contribution is 2.07. The van der Waals surface area contributed by atoms with E-state index >= 15 is 0 Å². The van der Waals surface area contributed by atoms with Crippen LogP contribution in [0.5, 0.6) is 0 Å². The first kappa shape index (κ1) is 16.9. The van der Waals surface area contributed by atoms with Gasteiger partial charge in [-0.25, -0.2) is 4.79 Å². The molecule has 0 aliphatic rings. The van der Waals surface area contributed by atoms with Crippen molar-refractivity contribution >= 4 is 11.9 Å². The third-order valence-electron chi connectivity index (χ3n) is 2.66. The van der Waals surface area contributed by atoms with Crippen LogP contribution in [-0.4, -0.2) is 38.1 Å². The molecule has 0 bridgehead atoms. The van der Waals surface area contributed by atoms with Crippen molar-refractivity contribution in [2.24, 2.45) is 11.8 Å². The summed E-state index contributed by atoms with van der Waals surface area (Å²) in [6.45, 7) is 9.26. The highest BCUT2D eigenvalue weighted by Gasteiger charge is 2.24. The molecule has 0 fully saturated rings. The Labute approximate surface area is 110 Å². The maximum absolute atomic E-state index is 11.9. The molecule has 1 amide bonds. The second-order valence-corrected chi connectivity index (χ2v) is 4.92. The lowest BCUT2D eigenvalue weighted by Crippen LogP contribution is -2.46. The van der Waals surface area contributed by atoms with Gasteiger partial charge in [0, 0.05) is 12.5 Å². The number of nitrogens with one attached hydrogen (secondary N) is 2. The van der Waals surface area contributed by atoms with Crippen LogP contribution >= 0.6 is 0 Å². The summed E-state index contributed by atoms with van der Waals surface area (Å²) in [5.41, 5.74) is 0. The molecule has 2 N–H and O–H groups in total. The van der Waals surface area contributed by atoms with Crippen molar-refractivity contribution in [3.8, 4) is 0 Å². The van der Waals surface area contributed by atoms with Crippen molar-refractivity contribution in [3.63, 3.8) is 0 Å². The van der Waals surface area contributed by atoms with Crippen LogP contribution in [0.15, 0.2) is 0 Å². The van der Waals surface area contributed by atoms with Gasteiger partial charge in [0.2, 0.25) is 5.91 Å². The molecule has 106 valence electrons. The number of amides is 1. The van der Waals surface area contributed by atoms with Crippen molar-refractivity contribution in [2.75, 3.05) is 20.2 Å². The van der Waals surface area contributed by atoms with Crippen molar-refractivity contribution in [3.05, 3.63) is 0 Å². The molecule has 0 rings (SSSR count). The van der Waals surface area contributed by atoms with Gasteiger partial charge in [-0.1, -0.05) is 27.7 Å². The Morgan fingerprint density at radius 1 is 1.22 bits per heavy atom. The van der Waals surface area contributed by atoms with Gasteiger partial charge in [0.25, 0.3) is 0 Å². The molecule has 0 saturated heterocycles. The standard InChI is InChI=1S/C13H26N2O3/c1-6-14-8-10(4)12(16)15-11(7-9(2)3)13(17)18-5/h9-11,14H,6-8H2,1-5H3,(H,15,16). The van der Waals surface area contributed by atoms with Gasteiger partial charge in [0.15, 0.2) is 0 Å². The molecule has 5 nitrogen and oxygen atoms in total. The van der Waals surface area contributed by atoms with Crippen LogP contribution in [0.3, 0.4) is 0 Å². The molecule has 0 aliphatic carbocycles. The molecule has 0 aromatic heterocycles. The maximum Gasteiger partial charge on any atom is 0.328 e. The highest BCUT2D eigenvalue weighted by atomic mass is 16.5. The van der Waals surface area contributed by atoms with E-state index in [1.165, 1.54) is 7.11 Å². The van der Waals surface area contributed by atoms with Gasteiger partial charge in [-0.05, 0) is 18.9 Å². The number of carbonyl (C=O) groups excluding carboxylic acids is 2. The van der Waals surface area contributed by atoms with Crippen LogP contribution in [-0.2, 0) is 14.3 Å². The molecule has 0 aromatic carbocycles. The fraction of sp³-hybridized carbons (Fsp3) is 0.846. The Kier molecular flexibility index (Phi) is 8.37. The summed E-state index contributed by atoms with van der Waals surface area (Å²) in [6.07, 6.45) is 0.590. The first-order chi connectivity index (χ1) is 8.42. The van der Waals surface area contributed by atoms with E-state index in [0.29, 0.717) is 18.9 Å². The zero-order valence-electron chi connectivity index (χ0n) is 12.1. The quantitative estimate of drug-likeness (QED) is 0.636. The first-order valence-corrected chi connectivity index (χ1v) is 6.51. The normalized spacial score (nSPS) is 14.1. The van der Waals surface area contributed by atoms with Crippen molar-refractivity contribution < 1.29 is 14.3 Å². The Hall–Kier alpha value is -1.10. The molecule has 18 heavy (non-hydrogen) atoms. The largest absolute Gasteiger partial charge is 0.467 e. The van der Waals surface area contributed by atoms with E-state index < -0.39 is 6.04 Å². The molecular weight excluding hydrogens is 232 g/mol. The van der Waals surface area contributed by atoms with Crippen molar-refractivity contribution in [2.45, 2.75) is 40.2 Å². The summed E-state index contributed by atoms with van der Waals surface area (Å²) >= 11 is 0. The minimum absolute atomic E-state index is 0.119. The molecule has 0 saturated carbocycles. The monoisotopic (exact) mass is 258 g/mol. The number of esters is 1. The molecule has 2 atom stereocenters. The number of methoxy groups -OCH3 is 1. The Morgan fingerprint density at radius 2 is 1.83 bits per heavy atom. The number of hydrogen-bond acceptors (Lipinski definition) is 4. The van der Waals surface area contributed by atoms with Crippen LogP contribution in [0, 0.1) is 11.8 Å². The minimum Gasteiger partial charge on any atom is -0.467 e. The van der Waals surface area contributed by atoms with Crippen LogP contribution in [0.4, 0.5) is 0 Å². The lowest BCUT2D eigenvalue weighted by Gasteiger charge is -2.20. The molecule has 2 unspecified atom stereocenters. The lowest BCUT2D eigenvalue weighted by molar-refractivity contribution is -0.146. The van der Waals surface area contributed by atoms with Gasteiger partial charge in [-0.3, -0.25) is 4.79 Å². The Morgan fingerprint density at radius 3 is 2.28 bits per heavy atom. The van der Waals surface area contributed by atoms with E-state index in [-0.39, 0.29) is 17.8 Å². The van der Waals surface area contributed by atoms with E-state index in [2.05, 4.69) is 10.6 Å². The van der Waals surface area contributed by atoms with Gasteiger partial charge in [-0.2, -0.15) is 0 Å². The molecule has 0 heterocycles. The number of ether oxygens (including phenoxy) is 1. The second kappa shape index (κ2) is 8.91. The van der Waals surface area contributed by atoms with Crippen molar-refractivity contribution in [1.82, 2.24) is 10.6 Å². The molecule has 5 heteroatoms. The van der Waals surface area contributed by atoms with Gasteiger partial charge in [-0.15, -0.1) is 0 Å². The number of carbonyl (C=O) groups is 2. The third-order valence-corrected chi connectivity index (χ3v) is 2.66. The molecular formula is C13H26N2O3. The summed E-state index contributed by atoms with van der Waals surface area (Å²) in [5.74, 6) is -0.345. The summed E-state index contributed by atoms with van der Waals surface area (Å²) in [5, 5.41) is 5.86. The van der Waals surface area contributed by atoms with Gasteiger partial charge >= 0.3 is 5.97 Å². The SMILES string of the molecule is CCNCC(C)C(=O)NC(CC(C)C)C(=O)OC. The molecule has 0 aromatic rings. The average Bonchev–Trinajstić information content (AvgIpc) is 2.33. The predicted octanol–water partition coefficient (Wildman–Crippen LogP) is 0.936. The van der Waals surface area contributed by atoms with Gasteiger partial charge in [0.1, 0.15) is 6.04 Å².